The third kappa shape index (κ3) is 4.11. The number of hydrogen-bond donors (Lipinski definition) is 1. The monoisotopic (exact) mass is 247 g/mol. The van der Waals surface area contributed by atoms with Crippen LogP contribution >= 0.6 is 0 Å². The molecule has 1 fully saturated rings. The Morgan fingerprint density at radius 1 is 1.39 bits per heavy atom. The average molecular weight is 247 g/mol. The number of nitrogens with one attached hydrogen (secondary N) is 1. The molecule has 1 aromatic carbocycles. The molecule has 0 radical (unpaired) electrons. The molecule has 0 amide bonds. The van der Waals surface area contributed by atoms with Crippen LogP contribution in [0.1, 0.15) is 36.8 Å². The highest BCUT2D eigenvalue weighted by Crippen LogP contribution is 2.19. The molecule has 0 spiro atoms. The van der Waals surface area contributed by atoms with Crippen molar-refractivity contribution in [2.75, 3.05) is 13.7 Å². The summed E-state index contributed by atoms with van der Waals surface area (Å²) in [6.45, 7) is 3.10. The van der Waals surface area contributed by atoms with Gasteiger partial charge in [0.05, 0.1) is 6.10 Å². The first-order valence-corrected chi connectivity index (χ1v) is 7.12. The molecule has 1 N–H and O–H groups in total. The maximum absolute atomic E-state index is 5.83. The summed E-state index contributed by atoms with van der Waals surface area (Å²) in [6.07, 6.45) is 6.47. The minimum absolute atomic E-state index is 0.459. The van der Waals surface area contributed by atoms with E-state index >= 15 is 0 Å². The van der Waals surface area contributed by atoms with Gasteiger partial charge in [0.15, 0.2) is 0 Å². The lowest BCUT2D eigenvalue weighted by Gasteiger charge is -2.27. The molecule has 2 heteroatoms. The van der Waals surface area contributed by atoms with E-state index in [1.165, 1.54) is 30.4 Å². The first kappa shape index (κ1) is 13.6. The maximum Gasteiger partial charge on any atom is 0.0590 e. The number of rotatable bonds is 5. The number of aryl methyl sites for hydroxylation is 1. The molecule has 100 valence electrons. The molecule has 0 aromatic heterocycles. The lowest BCUT2D eigenvalue weighted by Crippen LogP contribution is -2.34. The van der Waals surface area contributed by atoms with Crippen LogP contribution < -0.4 is 5.32 Å². The Bertz CT molecular complexity index is 358. The quantitative estimate of drug-likeness (QED) is 0.863. The second kappa shape index (κ2) is 6.91. The molecule has 0 saturated carbocycles. The molecule has 1 aromatic rings. The SMILES string of the molecule is CNC(Cc1cccc(C)c1)CC1CCCCO1. The summed E-state index contributed by atoms with van der Waals surface area (Å²) in [5.41, 5.74) is 2.77. The number of hydrogen-bond acceptors (Lipinski definition) is 2. The predicted octanol–water partition coefficient (Wildman–Crippen LogP) is 3.08. The van der Waals surface area contributed by atoms with Crippen LogP contribution in [0.2, 0.25) is 0 Å². The van der Waals surface area contributed by atoms with Gasteiger partial charge in [-0.3, -0.25) is 0 Å². The van der Waals surface area contributed by atoms with Crippen LogP contribution in [0.5, 0.6) is 0 Å². The van der Waals surface area contributed by atoms with Gasteiger partial charge in [-0.25, -0.2) is 0 Å². The van der Waals surface area contributed by atoms with Gasteiger partial charge < -0.3 is 10.1 Å². The summed E-state index contributed by atoms with van der Waals surface area (Å²) in [5, 5.41) is 3.44. The lowest BCUT2D eigenvalue weighted by atomic mass is 9.96. The van der Waals surface area contributed by atoms with E-state index in [-0.39, 0.29) is 0 Å². The van der Waals surface area contributed by atoms with Crippen LogP contribution in [0.4, 0.5) is 0 Å². The molecule has 18 heavy (non-hydrogen) atoms. The van der Waals surface area contributed by atoms with Crippen LogP contribution in [-0.4, -0.2) is 25.8 Å². The zero-order valence-electron chi connectivity index (χ0n) is 11.6. The van der Waals surface area contributed by atoms with Crippen molar-refractivity contribution in [2.45, 2.75) is 51.2 Å². The van der Waals surface area contributed by atoms with Gasteiger partial charge in [0.25, 0.3) is 0 Å². The summed E-state index contributed by atoms with van der Waals surface area (Å²) in [4.78, 5) is 0. The lowest BCUT2D eigenvalue weighted by molar-refractivity contribution is 0.00569. The minimum atomic E-state index is 0.459. The topological polar surface area (TPSA) is 21.3 Å². The van der Waals surface area contributed by atoms with Gasteiger partial charge >= 0.3 is 0 Å². The van der Waals surface area contributed by atoms with E-state index in [4.69, 9.17) is 4.74 Å². The molecular formula is C16H25NO. The molecule has 1 saturated heterocycles. The second-order valence-electron chi connectivity index (χ2n) is 5.40. The van der Waals surface area contributed by atoms with Gasteiger partial charge in [-0.05, 0) is 51.6 Å². The van der Waals surface area contributed by atoms with E-state index < -0.39 is 0 Å². The van der Waals surface area contributed by atoms with E-state index in [0.717, 1.165) is 19.4 Å². The minimum Gasteiger partial charge on any atom is -0.378 e. The molecule has 2 unspecified atom stereocenters. The van der Waals surface area contributed by atoms with Crippen molar-refractivity contribution >= 4 is 0 Å². The van der Waals surface area contributed by atoms with Crippen molar-refractivity contribution in [3.8, 4) is 0 Å². The third-order valence-corrected chi connectivity index (χ3v) is 3.79. The molecule has 1 aliphatic rings. The van der Waals surface area contributed by atoms with E-state index in [2.05, 4.69) is 43.6 Å². The molecule has 2 nitrogen and oxygen atoms in total. The molecule has 1 aliphatic heterocycles. The Morgan fingerprint density at radius 3 is 2.94 bits per heavy atom. The van der Waals surface area contributed by atoms with Gasteiger partial charge in [-0.2, -0.15) is 0 Å². The largest absolute Gasteiger partial charge is 0.378 e. The zero-order valence-corrected chi connectivity index (χ0v) is 11.6. The van der Waals surface area contributed by atoms with Gasteiger partial charge in [-0.1, -0.05) is 29.8 Å². The van der Waals surface area contributed by atoms with E-state index in [0.29, 0.717) is 12.1 Å². The van der Waals surface area contributed by atoms with Crippen molar-refractivity contribution in [1.82, 2.24) is 5.32 Å². The van der Waals surface area contributed by atoms with Crippen molar-refractivity contribution in [1.29, 1.82) is 0 Å². The summed E-state index contributed by atoms with van der Waals surface area (Å²) in [5.74, 6) is 0. The smallest absolute Gasteiger partial charge is 0.0590 e. The second-order valence-corrected chi connectivity index (χ2v) is 5.40. The van der Waals surface area contributed by atoms with Crippen molar-refractivity contribution in [3.63, 3.8) is 0 Å². The summed E-state index contributed by atoms with van der Waals surface area (Å²) in [7, 11) is 2.06. The molecule has 0 bridgehead atoms. The van der Waals surface area contributed by atoms with Gasteiger partial charge in [0, 0.05) is 12.6 Å². The summed E-state index contributed by atoms with van der Waals surface area (Å²) < 4.78 is 5.83. The Morgan fingerprint density at radius 2 is 2.28 bits per heavy atom. The molecule has 1 heterocycles. The maximum atomic E-state index is 5.83. The van der Waals surface area contributed by atoms with Crippen LogP contribution in [0.15, 0.2) is 24.3 Å². The highest BCUT2D eigenvalue weighted by Gasteiger charge is 2.18. The fourth-order valence-electron chi connectivity index (χ4n) is 2.74. The summed E-state index contributed by atoms with van der Waals surface area (Å²) in [6, 6.07) is 9.33. The fourth-order valence-corrected chi connectivity index (χ4v) is 2.74. The van der Waals surface area contributed by atoms with Gasteiger partial charge in [0.2, 0.25) is 0 Å². The van der Waals surface area contributed by atoms with Crippen LogP contribution in [0.25, 0.3) is 0 Å². The average Bonchev–Trinajstić information content (AvgIpc) is 2.39. The van der Waals surface area contributed by atoms with Crippen LogP contribution in [0.3, 0.4) is 0 Å². The van der Waals surface area contributed by atoms with Crippen molar-refractivity contribution < 1.29 is 4.74 Å². The molecule has 0 aliphatic carbocycles. The molecule has 2 atom stereocenters. The van der Waals surface area contributed by atoms with E-state index in [9.17, 15) is 0 Å². The normalized spacial score (nSPS) is 21.8. The zero-order chi connectivity index (χ0) is 12.8. The highest BCUT2D eigenvalue weighted by atomic mass is 16.5. The Hall–Kier alpha value is -0.860. The van der Waals surface area contributed by atoms with Crippen LogP contribution in [0, 0.1) is 6.92 Å². The summed E-state index contributed by atoms with van der Waals surface area (Å²) >= 11 is 0. The standard InChI is InChI=1S/C16H25NO/c1-13-6-5-7-14(10-13)11-15(17-2)12-16-8-3-4-9-18-16/h5-7,10,15-17H,3-4,8-9,11-12H2,1-2H3. The van der Waals surface area contributed by atoms with E-state index in [1.54, 1.807) is 0 Å². The third-order valence-electron chi connectivity index (χ3n) is 3.79. The highest BCUT2D eigenvalue weighted by molar-refractivity contribution is 5.23. The Kier molecular flexibility index (Phi) is 5.21. The molecular weight excluding hydrogens is 222 g/mol. The van der Waals surface area contributed by atoms with Gasteiger partial charge in [0.1, 0.15) is 0 Å². The Labute approximate surface area is 111 Å². The van der Waals surface area contributed by atoms with Crippen molar-refractivity contribution in [2.24, 2.45) is 0 Å². The fraction of sp³-hybridized carbons (Fsp3) is 0.625. The first-order chi connectivity index (χ1) is 8.78. The van der Waals surface area contributed by atoms with E-state index in [1.807, 2.05) is 0 Å². The van der Waals surface area contributed by atoms with Crippen LogP contribution in [-0.2, 0) is 11.2 Å². The predicted molar refractivity (Wildman–Crippen MR) is 75.9 cm³/mol. The Balaban J connectivity index is 1.88. The number of ether oxygens (including phenoxy) is 1. The number of likely N-dealkylation sites (N-methyl/N-ethyl adjacent to an activating group) is 1. The van der Waals surface area contributed by atoms with Gasteiger partial charge in [-0.15, -0.1) is 0 Å². The molecule has 2 rings (SSSR count). The van der Waals surface area contributed by atoms with Crippen molar-refractivity contribution in [3.05, 3.63) is 35.4 Å². The number of benzene rings is 1. The first-order valence-electron chi connectivity index (χ1n) is 7.12.